The zero-order valence-corrected chi connectivity index (χ0v) is 25.2. The quantitative estimate of drug-likeness (QED) is 0.242. The van der Waals surface area contributed by atoms with Crippen molar-refractivity contribution in [2.24, 2.45) is 0 Å². The number of nitrogens with one attached hydrogen (secondary N) is 2. The first-order valence-corrected chi connectivity index (χ1v) is 14.5. The Labute approximate surface area is 255 Å². The number of aryl methyl sites for hydroxylation is 2. The highest BCUT2D eigenvalue weighted by atomic mass is 19.4. The van der Waals surface area contributed by atoms with Gasteiger partial charge < -0.3 is 30.5 Å². The average Bonchev–Trinajstić information content (AvgIpc) is 3.22. The number of piperazine rings is 1. The van der Waals surface area contributed by atoms with Gasteiger partial charge in [-0.2, -0.15) is 0 Å². The molecule has 1 amide bonds. The number of benzene rings is 1. The molecule has 0 radical (unpaired) electrons. The zero-order chi connectivity index (χ0) is 32.8. The molecule has 242 valence electrons. The number of aliphatic hydroxyl groups is 1. The van der Waals surface area contributed by atoms with Crippen molar-refractivity contribution in [2.45, 2.75) is 83.2 Å². The predicted octanol–water partition coefficient (Wildman–Crippen LogP) is 4.02. The number of carbonyl (C=O) groups is 1. The molecule has 10 nitrogen and oxygen atoms in total. The highest BCUT2D eigenvalue weighted by Gasteiger charge is 2.56. The number of hydrogen-bond acceptors (Lipinski definition) is 9. The van der Waals surface area contributed by atoms with Gasteiger partial charge >= 0.3 is 6.36 Å². The lowest BCUT2D eigenvalue weighted by atomic mass is 9.92. The van der Waals surface area contributed by atoms with Gasteiger partial charge in [0.15, 0.2) is 17.4 Å². The van der Waals surface area contributed by atoms with E-state index >= 15 is 4.39 Å². The first kappa shape index (κ1) is 31.0. The Balaban J connectivity index is 1.55. The van der Waals surface area contributed by atoms with Crippen LogP contribution in [-0.2, 0) is 4.79 Å². The Morgan fingerprint density at radius 1 is 1.24 bits per heavy atom. The van der Waals surface area contributed by atoms with Crippen LogP contribution in [0, 0.1) is 25.5 Å². The summed E-state index contributed by atoms with van der Waals surface area (Å²) in [6.45, 7) is 8.37. The first-order chi connectivity index (χ1) is 20.9. The zero-order valence-electron chi connectivity index (χ0n) is 25.2. The number of aromatic nitrogens is 2. The number of halogens is 5. The van der Waals surface area contributed by atoms with Crippen molar-refractivity contribution in [1.29, 1.82) is 0 Å². The molecule has 3 aliphatic rings. The van der Waals surface area contributed by atoms with Crippen molar-refractivity contribution in [3.63, 3.8) is 0 Å². The molecule has 0 aliphatic carbocycles. The van der Waals surface area contributed by atoms with E-state index in [2.05, 4.69) is 20.4 Å². The number of nitrogens with two attached hydrogens (primary N) is 1. The van der Waals surface area contributed by atoms with Gasteiger partial charge in [0.05, 0.1) is 22.6 Å². The monoisotopic (exact) mass is 636 g/mol. The van der Waals surface area contributed by atoms with Crippen LogP contribution in [0.1, 0.15) is 44.9 Å². The van der Waals surface area contributed by atoms with Crippen molar-refractivity contribution in [3.8, 4) is 22.9 Å². The predicted molar refractivity (Wildman–Crippen MR) is 155 cm³/mol. The van der Waals surface area contributed by atoms with Crippen molar-refractivity contribution in [1.82, 2.24) is 20.6 Å². The molecule has 1 unspecified atom stereocenters. The number of ether oxygens (including phenoxy) is 2. The smallest absolute Gasteiger partial charge is 0.472 e. The van der Waals surface area contributed by atoms with Gasteiger partial charge in [0.25, 0.3) is 0 Å². The lowest BCUT2D eigenvalue weighted by Gasteiger charge is -2.47. The molecule has 2 aromatic heterocycles. The summed E-state index contributed by atoms with van der Waals surface area (Å²) in [4.78, 5) is 24.6. The fraction of sp³-hybridized carbons (Fsp3) is 0.500. The molecule has 1 aromatic carbocycles. The summed E-state index contributed by atoms with van der Waals surface area (Å²) in [5.41, 5.74) is 2.82. The number of pyridine rings is 2. The SMILES string of the molecule is Cc1nc2c3c(nc(-c4cc(N)cc(F)c4OC(F)(F)F)c(F)c3c1C)OC(C)[C@@H]1[C@@H]3CC[C@](C(=O)NCC(C)(C)O)(CN21)N3. The minimum Gasteiger partial charge on any atom is -0.472 e. The van der Waals surface area contributed by atoms with Gasteiger partial charge in [-0.15, -0.1) is 13.2 Å². The maximum atomic E-state index is 16.7. The first-order valence-electron chi connectivity index (χ1n) is 14.5. The van der Waals surface area contributed by atoms with Gasteiger partial charge in [-0.05, 0) is 59.1 Å². The second-order valence-corrected chi connectivity index (χ2v) is 12.7. The fourth-order valence-electron chi connectivity index (χ4n) is 6.72. The Bertz CT molecular complexity index is 1730. The Morgan fingerprint density at radius 2 is 1.96 bits per heavy atom. The molecule has 2 fully saturated rings. The molecule has 4 atom stereocenters. The maximum Gasteiger partial charge on any atom is 0.573 e. The summed E-state index contributed by atoms with van der Waals surface area (Å²) >= 11 is 0. The molecule has 0 spiro atoms. The van der Waals surface area contributed by atoms with Crippen LogP contribution >= 0.6 is 0 Å². The largest absolute Gasteiger partial charge is 0.573 e. The maximum absolute atomic E-state index is 16.7. The number of carbonyl (C=O) groups excluding carboxylic acids is 1. The van der Waals surface area contributed by atoms with Crippen LogP contribution in [0.3, 0.4) is 0 Å². The summed E-state index contributed by atoms with van der Waals surface area (Å²) in [5, 5.41) is 16.6. The van der Waals surface area contributed by atoms with Crippen LogP contribution in [0.4, 0.5) is 33.5 Å². The minimum absolute atomic E-state index is 0.0282. The molecule has 6 rings (SSSR count). The van der Waals surface area contributed by atoms with Crippen LogP contribution in [0.15, 0.2) is 12.1 Å². The Morgan fingerprint density at radius 3 is 2.62 bits per heavy atom. The third-order valence-electron chi connectivity index (χ3n) is 8.78. The van der Waals surface area contributed by atoms with Crippen molar-refractivity contribution < 1.29 is 41.3 Å². The number of amides is 1. The topological polar surface area (TPSA) is 135 Å². The molecule has 45 heavy (non-hydrogen) atoms. The summed E-state index contributed by atoms with van der Waals surface area (Å²) < 4.78 is 81.8. The number of hydrogen-bond donors (Lipinski definition) is 4. The summed E-state index contributed by atoms with van der Waals surface area (Å²) in [7, 11) is 0. The normalized spacial score (nSPS) is 24.2. The van der Waals surface area contributed by atoms with E-state index < -0.39 is 58.3 Å². The van der Waals surface area contributed by atoms with Crippen LogP contribution in [0.25, 0.3) is 22.0 Å². The van der Waals surface area contributed by atoms with Crippen molar-refractivity contribution in [2.75, 3.05) is 23.7 Å². The molecule has 2 bridgehead atoms. The third-order valence-corrected chi connectivity index (χ3v) is 8.78. The number of anilines is 2. The molecule has 5 N–H and O–H groups in total. The number of nitrogen functional groups attached to an aromatic ring is 1. The van der Waals surface area contributed by atoms with Gasteiger partial charge in [0.2, 0.25) is 11.8 Å². The van der Waals surface area contributed by atoms with Crippen LogP contribution in [-0.4, -0.2) is 69.8 Å². The third kappa shape index (κ3) is 5.25. The van der Waals surface area contributed by atoms with Crippen molar-refractivity contribution in [3.05, 3.63) is 35.0 Å². The minimum atomic E-state index is -5.29. The molecule has 2 saturated heterocycles. The number of rotatable bonds is 5. The van der Waals surface area contributed by atoms with Crippen LogP contribution in [0.2, 0.25) is 0 Å². The van der Waals surface area contributed by atoms with E-state index in [9.17, 15) is 27.5 Å². The van der Waals surface area contributed by atoms with E-state index in [1.54, 1.807) is 34.6 Å². The van der Waals surface area contributed by atoms with E-state index in [1.807, 2.05) is 4.90 Å². The Hall–Kier alpha value is -3.98. The van der Waals surface area contributed by atoms with Gasteiger partial charge in [-0.25, -0.2) is 18.7 Å². The average molecular weight is 637 g/mol. The number of nitrogens with zero attached hydrogens (tertiary/aromatic N) is 3. The highest BCUT2D eigenvalue weighted by Crippen LogP contribution is 2.48. The van der Waals surface area contributed by atoms with Crippen LogP contribution in [0.5, 0.6) is 11.6 Å². The summed E-state index contributed by atoms with van der Waals surface area (Å²) in [6.07, 6.45) is -4.82. The molecule has 3 aromatic rings. The van der Waals surface area contributed by atoms with Crippen molar-refractivity contribution >= 4 is 28.2 Å². The van der Waals surface area contributed by atoms with Gasteiger partial charge in [0, 0.05) is 42.0 Å². The molecular formula is C30H33F5N6O4. The molecule has 0 saturated carbocycles. The second kappa shape index (κ2) is 10.3. The standard InChI is InChI=1S/C30H33F5N6O4/c1-12-13(2)38-25-20-19(12)21(32)22(16-8-15(36)9-17(31)24(16)45-30(33,34)35)39-26(20)44-14(3)23-18-6-7-29(40-18,11-41(23)25)27(42)37-10-28(4,5)43/h8-9,14,18,23,40,43H,6-7,10-11,36H2,1-5H3,(H,37,42)/t14?,18-,23+,29+/m0/s1. The number of alkyl halides is 3. The molecule has 5 heterocycles. The number of fused-ring (bicyclic) bond motifs is 5. The highest BCUT2D eigenvalue weighted by molar-refractivity contribution is 6.02. The second-order valence-electron chi connectivity index (χ2n) is 12.7. The van der Waals surface area contributed by atoms with E-state index in [0.717, 1.165) is 6.07 Å². The van der Waals surface area contributed by atoms with E-state index in [4.69, 9.17) is 15.5 Å². The van der Waals surface area contributed by atoms with E-state index in [1.165, 1.54) is 0 Å². The van der Waals surface area contributed by atoms with Gasteiger partial charge in [-0.1, -0.05) is 0 Å². The van der Waals surface area contributed by atoms with E-state index in [0.29, 0.717) is 36.0 Å². The van der Waals surface area contributed by atoms with Gasteiger partial charge in [-0.3, -0.25) is 10.1 Å². The molecular weight excluding hydrogens is 603 g/mol. The molecule has 3 aliphatic heterocycles. The fourth-order valence-corrected chi connectivity index (χ4v) is 6.72. The van der Waals surface area contributed by atoms with E-state index in [-0.39, 0.29) is 47.4 Å². The summed E-state index contributed by atoms with van der Waals surface area (Å²) in [6, 6.07) is 0.951. The summed E-state index contributed by atoms with van der Waals surface area (Å²) in [5.74, 6) is -3.89. The van der Waals surface area contributed by atoms with Crippen LogP contribution < -0.4 is 30.7 Å². The Kier molecular flexibility index (Phi) is 7.08. The lowest BCUT2D eigenvalue weighted by molar-refractivity contribution is -0.275. The lowest BCUT2D eigenvalue weighted by Crippen LogP contribution is -2.71. The van der Waals surface area contributed by atoms with Gasteiger partial charge in [0.1, 0.15) is 23.2 Å². The molecule has 15 heteroatoms.